The van der Waals surface area contributed by atoms with Crippen LogP contribution in [0.1, 0.15) is 20.3 Å². The zero-order valence-corrected chi connectivity index (χ0v) is 14.2. The molecule has 1 atom stereocenters. The predicted octanol–water partition coefficient (Wildman–Crippen LogP) is 0.768. The van der Waals surface area contributed by atoms with Crippen LogP contribution in [0.3, 0.4) is 0 Å². The minimum atomic E-state index is -1.09. The van der Waals surface area contributed by atoms with E-state index in [2.05, 4.69) is 15.7 Å². The Morgan fingerprint density at radius 1 is 1.20 bits per heavy atom. The number of rotatable bonds is 8. The maximum atomic E-state index is 12.0. The van der Waals surface area contributed by atoms with Crippen LogP contribution in [-0.4, -0.2) is 45.3 Å². The summed E-state index contributed by atoms with van der Waals surface area (Å²) in [5.74, 6) is -1.87. The summed E-state index contributed by atoms with van der Waals surface area (Å²) in [5.41, 5.74) is 0.824. The molecule has 2 amide bonds. The molecule has 1 heterocycles. The number of aromatic nitrogens is 2. The van der Waals surface area contributed by atoms with Gasteiger partial charge in [0.2, 0.25) is 11.8 Å². The molecule has 0 aliphatic rings. The fourth-order valence-electron chi connectivity index (χ4n) is 2.46. The third-order valence-corrected chi connectivity index (χ3v) is 3.63. The SMILES string of the molecule is CC(C)C[C@H](NC(=O)CNC(=O)Cn1ncc2ccccc21)C(=O)O. The number of hydrogen-bond acceptors (Lipinski definition) is 4. The Kier molecular flexibility index (Phi) is 6.10. The average Bonchev–Trinajstić information content (AvgIpc) is 2.95. The van der Waals surface area contributed by atoms with Crippen molar-refractivity contribution in [3.63, 3.8) is 0 Å². The summed E-state index contributed by atoms with van der Waals surface area (Å²) >= 11 is 0. The van der Waals surface area contributed by atoms with Crippen molar-refractivity contribution in [1.82, 2.24) is 20.4 Å². The van der Waals surface area contributed by atoms with E-state index in [1.165, 1.54) is 0 Å². The first-order chi connectivity index (χ1) is 11.9. The Morgan fingerprint density at radius 3 is 2.60 bits per heavy atom. The Balaban J connectivity index is 1.84. The van der Waals surface area contributed by atoms with E-state index < -0.39 is 17.9 Å². The van der Waals surface area contributed by atoms with Crippen LogP contribution in [0.15, 0.2) is 30.5 Å². The average molecular weight is 346 g/mol. The molecule has 134 valence electrons. The fourth-order valence-corrected chi connectivity index (χ4v) is 2.46. The van der Waals surface area contributed by atoms with Crippen LogP contribution in [0.5, 0.6) is 0 Å². The molecule has 25 heavy (non-hydrogen) atoms. The molecule has 0 fully saturated rings. The molecule has 0 saturated carbocycles. The van der Waals surface area contributed by atoms with Gasteiger partial charge in [0.25, 0.3) is 0 Å². The summed E-state index contributed by atoms with van der Waals surface area (Å²) in [6.07, 6.45) is 1.99. The third kappa shape index (κ3) is 5.30. The molecule has 8 nitrogen and oxygen atoms in total. The molecular weight excluding hydrogens is 324 g/mol. The first kappa shape index (κ1) is 18.4. The van der Waals surface area contributed by atoms with Gasteiger partial charge in [-0.3, -0.25) is 14.3 Å². The van der Waals surface area contributed by atoms with E-state index in [1.807, 2.05) is 38.1 Å². The predicted molar refractivity (Wildman–Crippen MR) is 91.8 cm³/mol. The van der Waals surface area contributed by atoms with Gasteiger partial charge in [0.1, 0.15) is 12.6 Å². The van der Waals surface area contributed by atoms with E-state index in [4.69, 9.17) is 5.11 Å². The number of nitrogens with one attached hydrogen (secondary N) is 2. The number of carboxylic acid groups (broad SMARTS) is 1. The molecule has 2 rings (SSSR count). The molecule has 0 saturated heterocycles. The maximum Gasteiger partial charge on any atom is 0.326 e. The van der Waals surface area contributed by atoms with Crippen LogP contribution < -0.4 is 10.6 Å². The van der Waals surface area contributed by atoms with E-state index >= 15 is 0 Å². The summed E-state index contributed by atoms with van der Waals surface area (Å²) in [6, 6.07) is 6.53. The Bertz CT molecular complexity index is 769. The largest absolute Gasteiger partial charge is 0.480 e. The van der Waals surface area contributed by atoms with E-state index in [1.54, 1.807) is 10.9 Å². The number of hydrogen-bond donors (Lipinski definition) is 3. The zero-order chi connectivity index (χ0) is 18.4. The highest BCUT2D eigenvalue weighted by Gasteiger charge is 2.21. The van der Waals surface area contributed by atoms with E-state index in [-0.39, 0.29) is 24.9 Å². The van der Waals surface area contributed by atoms with E-state index in [0.29, 0.717) is 6.42 Å². The van der Waals surface area contributed by atoms with Gasteiger partial charge >= 0.3 is 5.97 Å². The summed E-state index contributed by atoms with van der Waals surface area (Å²) in [6.45, 7) is 3.45. The highest BCUT2D eigenvalue weighted by atomic mass is 16.4. The molecule has 0 bridgehead atoms. The third-order valence-electron chi connectivity index (χ3n) is 3.63. The Hall–Kier alpha value is -2.90. The van der Waals surface area contributed by atoms with Crippen molar-refractivity contribution in [2.24, 2.45) is 5.92 Å². The number of amides is 2. The normalized spacial score (nSPS) is 12.1. The highest BCUT2D eigenvalue weighted by molar-refractivity contribution is 5.88. The van der Waals surface area contributed by atoms with Crippen molar-refractivity contribution in [2.45, 2.75) is 32.9 Å². The molecule has 1 aromatic heterocycles. The van der Waals surface area contributed by atoms with Gasteiger partial charge in [0.05, 0.1) is 18.3 Å². The number of aliphatic carboxylic acids is 1. The second kappa shape index (κ2) is 8.27. The monoisotopic (exact) mass is 346 g/mol. The minimum absolute atomic E-state index is 0.0187. The smallest absolute Gasteiger partial charge is 0.326 e. The van der Waals surface area contributed by atoms with Crippen LogP contribution in [0.25, 0.3) is 10.9 Å². The van der Waals surface area contributed by atoms with Gasteiger partial charge in [0.15, 0.2) is 0 Å². The first-order valence-corrected chi connectivity index (χ1v) is 8.06. The lowest BCUT2D eigenvalue weighted by Crippen LogP contribution is -2.46. The van der Waals surface area contributed by atoms with Crippen LogP contribution in [-0.2, 0) is 20.9 Å². The van der Waals surface area contributed by atoms with Crippen LogP contribution >= 0.6 is 0 Å². The van der Waals surface area contributed by atoms with E-state index in [0.717, 1.165) is 10.9 Å². The summed E-state index contributed by atoms with van der Waals surface area (Å²) in [4.78, 5) is 35.0. The molecule has 0 aliphatic heterocycles. The number of carbonyl (C=O) groups is 3. The second-order valence-corrected chi connectivity index (χ2v) is 6.23. The standard InChI is InChI=1S/C17H22N4O4/c1-11(2)7-13(17(24)25)20-15(22)9-18-16(23)10-21-14-6-4-3-5-12(14)8-19-21/h3-6,8,11,13H,7,9-10H2,1-2H3,(H,18,23)(H,20,22)(H,24,25)/t13-/m0/s1. The Labute approximate surface area is 145 Å². The van der Waals surface area contributed by atoms with E-state index in [9.17, 15) is 14.4 Å². The molecule has 0 radical (unpaired) electrons. The van der Waals surface area contributed by atoms with Crippen molar-refractivity contribution in [3.05, 3.63) is 30.5 Å². The van der Waals surface area contributed by atoms with Crippen molar-refractivity contribution < 1.29 is 19.5 Å². The van der Waals surface area contributed by atoms with Crippen molar-refractivity contribution in [1.29, 1.82) is 0 Å². The lowest BCUT2D eigenvalue weighted by atomic mass is 10.0. The molecule has 8 heteroatoms. The van der Waals surface area contributed by atoms with Gasteiger partial charge in [-0.1, -0.05) is 32.0 Å². The number of nitrogens with zero attached hydrogens (tertiary/aromatic N) is 2. The molecule has 2 aromatic rings. The van der Waals surface area contributed by atoms with Gasteiger partial charge in [0, 0.05) is 5.39 Å². The lowest BCUT2D eigenvalue weighted by molar-refractivity contribution is -0.142. The van der Waals surface area contributed by atoms with Gasteiger partial charge < -0.3 is 15.7 Å². The van der Waals surface area contributed by atoms with Crippen LogP contribution in [0.2, 0.25) is 0 Å². The van der Waals surface area contributed by atoms with Gasteiger partial charge in [-0.15, -0.1) is 0 Å². The van der Waals surface area contributed by atoms with Crippen LogP contribution in [0.4, 0.5) is 0 Å². The maximum absolute atomic E-state index is 12.0. The highest BCUT2D eigenvalue weighted by Crippen LogP contribution is 2.12. The Morgan fingerprint density at radius 2 is 1.92 bits per heavy atom. The minimum Gasteiger partial charge on any atom is -0.480 e. The first-order valence-electron chi connectivity index (χ1n) is 8.06. The molecule has 1 aromatic carbocycles. The number of carbonyl (C=O) groups excluding carboxylic acids is 2. The topological polar surface area (TPSA) is 113 Å². The lowest BCUT2D eigenvalue weighted by Gasteiger charge is -2.16. The van der Waals surface area contributed by atoms with Gasteiger partial charge in [-0.25, -0.2) is 4.79 Å². The van der Waals surface area contributed by atoms with Gasteiger partial charge in [-0.2, -0.15) is 5.10 Å². The number of para-hydroxylation sites is 1. The summed E-state index contributed by atoms with van der Waals surface area (Å²) < 4.78 is 1.54. The van der Waals surface area contributed by atoms with Crippen LogP contribution in [0, 0.1) is 5.92 Å². The molecule has 3 N–H and O–H groups in total. The summed E-state index contributed by atoms with van der Waals surface area (Å²) in [5, 5.41) is 19.1. The molecule has 0 aliphatic carbocycles. The molecular formula is C17H22N4O4. The van der Waals surface area contributed by atoms with Crippen molar-refractivity contribution >= 4 is 28.7 Å². The number of fused-ring (bicyclic) bond motifs is 1. The molecule has 0 spiro atoms. The number of carboxylic acids is 1. The molecule has 0 unspecified atom stereocenters. The second-order valence-electron chi connectivity index (χ2n) is 6.23. The number of benzene rings is 1. The summed E-state index contributed by atoms with van der Waals surface area (Å²) in [7, 11) is 0. The van der Waals surface area contributed by atoms with Crippen molar-refractivity contribution in [3.8, 4) is 0 Å². The van der Waals surface area contributed by atoms with Crippen molar-refractivity contribution in [2.75, 3.05) is 6.54 Å². The fraction of sp³-hybridized carbons (Fsp3) is 0.412. The zero-order valence-electron chi connectivity index (χ0n) is 14.2. The van der Waals surface area contributed by atoms with Gasteiger partial charge in [-0.05, 0) is 18.4 Å². The quantitative estimate of drug-likeness (QED) is 0.653.